The van der Waals surface area contributed by atoms with Crippen LogP contribution in [-0.4, -0.2) is 37.2 Å². The Morgan fingerprint density at radius 2 is 1.64 bits per heavy atom. The van der Waals surface area contributed by atoms with E-state index in [1.54, 1.807) is 12.1 Å². The van der Waals surface area contributed by atoms with Crippen LogP contribution < -0.4 is 15.4 Å². The SMILES string of the molecule is CC(C)(C)c1ccc(OCC(=O)OCC(=O)NC(=O)NC2CCCCC2)cc1. The lowest BCUT2D eigenvalue weighted by molar-refractivity contribution is -0.150. The number of imide groups is 1. The van der Waals surface area contributed by atoms with Crippen LogP contribution >= 0.6 is 0 Å². The third-order valence-corrected chi connectivity index (χ3v) is 4.63. The van der Waals surface area contributed by atoms with Crippen molar-refractivity contribution in [2.45, 2.75) is 64.3 Å². The largest absolute Gasteiger partial charge is 0.482 e. The zero-order valence-electron chi connectivity index (χ0n) is 16.9. The molecule has 1 aromatic carbocycles. The van der Waals surface area contributed by atoms with E-state index in [4.69, 9.17) is 9.47 Å². The first kappa shape index (κ1) is 21.7. The monoisotopic (exact) mass is 390 g/mol. The Morgan fingerprint density at radius 3 is 2.25 bits per heavy atom. The van der Waals surface area contributed by atoms with Gasteiger partial charge < -0.3 is 14.8 Å². The maximum Gasteiger partial charge on any atom is 0.344 e. The molecule has 2 N–H and O–H groups in total. The Morgan fingerprint density at radius 1 is 1.00 bits per heavy atom. The summed E-state index contributed by atoms with van der Waals surface area (Å²) in [5, 5.41) is 4.93. The maximum atomic E-state index is 11.8. The summed E-state index contributed by atoms with van der Waals surface area (Å²) in [5.74, 6) is -0.805. The molecule has 1 fully saturated rings. The van der Waals surface area contributed by atoms with E-state index in [-0.39, 0.29) is 18.1 Å². The Kier molecular flexibility index (Phi) is 7.84. The predicted octanol–water partition coefficient (Wildman–Crippen LogP) is 3.06. The molecular weight excluding hydrogens is 360 g/mol. The Labute approximate surface area is 166 Å². The van der Waals surface area contributed by atoms with Gasteiger partial charge in [-0.1, -0.05) is 52.2 Å². The van der Waals surface area contributed by atoms with Gasteiger partial charge in [0.2, 0.25) is 0 Å². The molecule has 154 valence electrons. The van der Waals surface area contributed by atoms with Gasteiger partial charge in [0.15, 0.2) is 13.2 Å². The van der Waals surface area contributed by atoms with Gasteiger partial charge in [-0.25, -0.2) is 9.59 Å². The molecule has 0 aromatic heterocycles. The summed E-state index contributed by atoms with van der Waals surface area (Å²) in [6, 6.07) is 7.01. The van der Waals surface area contributed by atoms with Crippen molar-refractivity contribution in [3.05, 3.63) is 29.8 Å². The lowest BCUT2D eigenvalue weighted by atomic mass is 9.87. The fraction of sp³-hybridized carbons (Fsp3) is 0.571. The van der Waals surface area contributed by atoms with Crippen molar-refractivity contribution in [3.63, 3.8) is 0 Å². The maximum absolute atomic E-state index is 11.8. The van der Waals surface area contributed by atoms with Crippen LogP contribution in [0.2, 0.25) is 0 Å². The number of hydrogen-bond acceptors (Lipinski definition) is 5. The third-order valence-electron chi connectivity index (χ3n) is 4.63. The molecule has 1 aromatic rings. The molecule has 0 radical (unpaired) electrons. The van der Waals surface area contributed by atoms with Gasteiger partial charge in [-0.05, 0) is 36.0 Å². The number of ether oxygens (including phenoxy) is 2. The lowest BCUT2D eigenvalue weighted by Crippen LogP contribution is -2.46. The van der Waals surface area contributed by atoms with Crippen molar-refractivity contribution in [2.24, 2.45) is 0 Å². The van der Waals surface area contributed by atoms with Gasteiger partial charge in [0, 0.05) is 6.04 Å². The predicted molar refractivity (Wildman–Crippen MR) is 105 cm³/mol. The first-order chi connectivity index (χ1) is 13.2. The summed E-state index contributed by atoms with van der Waals surface area (Å²) in [6.45, 7) is 5.50. The first-order valence-corrected chi connectivity index (χ1v) is 9.73. The van der Waals surface area contributed by atoms with Crippen molar-refractivity contribution in [1.82, 2.24) is 10.6 Å². The van der Waals surface area contributed by atoms with E-state index in [9.17, 15) is 14.4 Å². The third kappa shape index (κ3) is 7.58. The highest BCUT2D eigenvalue weighted by Crippen LogP contribution is 2.24. The van der Waals surface area contributed by atoms with Crippen LogP contribution in [-0.2, 0) is 19.7 Å². The van der Waals surface area contributed by atoms with Crippen LogP contribution in [0.25, 0.3) is 0 Å². The zero-order valence-corrected chi connectivity index (χ0v) is 16.9. The lowest BCUT2D eigenvalue weighted by Gasteiger charge is -2.22. The number of urea groups is 1. The van der Waals surface area contributed by atoms with Gasteiger partial charge in [-0.15, -0.1) is 0 Å². The number of benzene rings is 1. The topological polar surface area (TPSA) is 93.7 Å². The van der Waals surface area contributed by atoms with Gasteiger partial charge in [-0.3, -0.25) is 10.1 Å². The van der Waals surface area contributed by atoms with Crippen molar-refractivity contribution in [2.75, 3.05) is 13.2 Å². The molecule has 0 spiro atoms. The number of amides is 3. The average Bonchev–Trinajstić information content (AvgIpc) is 2.65. The van der Waals surface area contributed by atoms with Crippen molar-refractivity contribution in [3.8, 4) is 5.75 Å². The highest BCUT2D eigenvalue weighted by atomic mass is 16.6. The molecule has 7 heteroatoms. The molecule has 1 aliphatic rings. The fourth-order valence-electron chi connectivity index (χ4n) is 3.01. The van der Waals surface area contributed by atoms with Crippen molar-refractivity contribution in [1.29, 1.82) is 0 Å². The minimum absolute atomic E-state index is 0.0358. The van der Waals surface area contributed by atoms with Crippen LogP contribution in [0.5, 0.6) is 5.75 Å². The summed E-state index contributed by atoms with van der Waals surface area (Å²) < 4.78 is 10.2. The van der Waals surface area contributed by atoms with Crippen molar-refractivity contribution >= 4 is 17.9 Å². The van der Waals surface area contributed by atoms with E-state index < -0.39 is 24.5 Å². The number of nitrogens with one attached hydrogen (secondary N) is 2. The molecular formula is C21H30N2O5. The van der Waals surface area contributed by atoms with Crippen LogP contribution in [0.4, 0.5) is 4.79 Å². The van der Waals surface area contributed by atoms with Gasteiger partial charge >= 0.3 is 12.0 Å². The van der Waals surface area contributed by atoms with E-state index in [1.807, 2.05) is 12.1 Å². The van der Waals surface area contributed by atoms with Crippen LogP contribution in [0.3, 0.4) is 0 Å². The summed E-state index contributed by atoms with van der Waals surface area (Å²) >= 11 is 0. The summed E-state index contributed by atoms with van der Waals surface area (Å²) in [4.78, 5) is 35.2. The smallest absolute Gasteiger partial charge is 0.344 e. The molecule has 0 atom stereocenters. The van der Waals surface area contributed by atoms with Gasteiger partial charge in [0.05, 0.1) is 0 Å². The van der Waals surface area contributed by atoms with Gasteiger partial charge in [0.1, 0.15) is 5.75 Å². The second-order valence-corrected chi connectivity index (χ2v) is 8.08. The molecule has 1 saturated carbocycles. The zero-order chi connectivity index (χ0) is 20.6. The van der Waals surface area contributed by atoms with Crippen LogP contribution in [0, 0.1) is 0 Å². The average molecular weight is 390 g/mol. The van der Waals surface area contributed by atoms with E-state index >= 15 is 0 Å². The summed E-state index contributed by atoms with van der Waals surface area (Å²) in [7, 11) is 0. The molecule has 0 bridgehead atoms. The van der Waals surface area contributed by atoms with Crippen LogP contribution in [0.1, 0.15) is 58.4 Å². The van der Waals surface area contributed by atoms with E-state index in [0.29, 0.717) is 5.75 Å². The Balaban J connectivity index is 1.64. The summed E-state index contributed by atoms with van der Waals surface area (Å²) in [6.07, 6.45) is 5.18. The minimum Gasteiger partial charge on any atom is -0.482 e. The number of esters is 1. The molecule has 3 amide bonds. The molecule has 0 aliphatic heterocycles. The van der Waals surface area contributed by atoms with Gasteiger partial charge in [-0.2, -0.15) is 0 Å². The number of carbonyl (C=O) groups excluding carboxylic acids is 3. The normalized spacial score (nSPS) is 14.8. The first-order valence-electron chi connectivity index (χ1n) is 9.73. The highest BCUT2D eigenvalue weighted by molar-refractivity contribution is 5.95. The number of hydrogen-bond donors (Lipinski definition) is 2. The van der Waals surface area contributed by atoms with E-state index in [1.165, 1.54) is 6.42 Å². The molecule has 7 nitrogen and oxygen atoms in total. The highest BCUT2D eigenvalue weighted by Gasteiger charge is 2.18. The molecule has 1 aliphatic carbocycles. The molecule has 28 heavy (non-hydrogen) atoms. The minimum atomic E-state index is -0.678. The number of rotatable bonds is 6. The second-order valence-electron chi connectivity index (χ2n) is 8.08. The second kappa shape index (κ2) is 10.1. The number of carbonyl (C=O) groups is 3. The van der Waals surface area contributed by atoms with Crippen LogP contribution in [0.15, 0.2) is 24.3 Å². The van der Waals surface area contributed by atoms with Crippen molar-refractivity contribution < 1.29 is 23.9 Å². The Hall–Kier alpha value is -2.57. The Bertz CT molecular complexity index is 673. The molecule has 0 unspecified atom stereocenters. The standard InChI is InChI=1S/C21H30N2O5/c1-21(2,3)15-9-11-17(12-10-15)27-14-19(25)28-13-18(24)23-20(26)22-16-7-5-4-6-8-16/h9-12,16H,4-8,13-14H2,1-3H3,(H2,22,23,24,26). The summed E-state index contributed by atoms with van der Waals surface area (Å²) in [5.41, 5.74) is 1.19. The molecule has 0 saturated heterocycles. The van der Waals surface area contributed by atoms with E-state index in [2.05, 4.69) is 31.4 Å². The fourth-order valence-corrected chi connectivity index (χ4v) is 3.01. The quantitative estimate of drug-likeness (QED) is 0.728. The van der Waals surface area contributed by atoms with Gasteiger partial charge in [0.25, 0.3) is 5.91 Å². The molecule has 0 heterocycles. The molecule has 2 rings (SSSR count). The van der Waals surface area contributed by atoms with E-state index in [0.717, 1.165) is 31.2 Å².